The number of rotatable bonds is 13. The van der Waals surface area contributed by atoms with Crippen LogP contribution in [0.4, 0.5) is 15.8 Å². The Morgan fingerprint density at radius 2 is 1.76 bits per heavy atom. The third kappa shape index (κ3) is 7.40. The highest BCUT2D eigenvalue weighted by molar-refractivity contribution is 7.92. The summed E-state index contributed by atoms with van der Waals surface area (Å²) in [6, 6.07) is 14.0. The summed E-state index contributed by atoms with van der Waals surface area (Å²) in [5.74, 6) is -1.45. The molecule has 0 aliphatic rings. The highest BCUT2D eigenvalue weighted by Gasteiger charge is 2.33. The van der Waals surface area contributed by atoms with Crippen LogP contribution in [0.25, 0.3) is 0 Å². The van der Waals surface area contributed by atoms with Crippen LogP contribution in [0.2, 0.25) is 0 Å². The molecule has 0 fully saturated rings. The number of nitro groups is 1. The Morgan fingerprint density at radius 1 is 1.10 bits per heavy atom. The number of carbonyl (C=O) groups is 2. The van der Waals surface area contributed by atoms with E-state index >= 15 is 0 Å². The smallest absolute Gasteiger partial charge is 0.273 e. The molecule has 0 aliphatic heterocycles. The molecule has 0 saturated heterocycles. The monoisotopic (exact) mass is 600 g/mol. The van der Waals surface area contributed by atoms with E-state index in [1.54, 1.807) is 6.07 Å². The lowest BCUT2D eigenvalue weighted by Gasteiger charge is -2.32. The third-order valence-electron chi connectivity index (χ3n) is 6.62. The van der Waals surface area contributed by atoms with Crippen LogP contribution in [-0.2, 0) is 26.2 Å². The molecule has 0 saturated carbocycles. The van der Waals surface area contributed by atoms with Gasteiger partial charge in [0.05, 0.1) is 22.6 Å². The maximum Gasteiger partial charge on any atom is 0.273 e. The Hall–Kier alpha value is -4.52. The van der Waals surface area contributed by atoms with Crippen molar-refractivity contribution in [3.05, 3.63) is 93.8 Å². The van der Waals surface area contributed by atoms with Crippen LogP contribution in [0.1, 0.15) is 31.4 Å². The Labute approximate surface area is 244 Å². The maximum absolute atomic E-state index is 14.6. The highest BCUT2D eigenvalue weighted by atomic mass is 32.2. The van der Waals surface area contributed by atoms with Gasteiger partial charge >= 0.3 is 0 Å². The number of methoxy groups -OCH3 is 1. The lowest BCUT2D eigenvalue weighted by molar-refractivity contribution is -0.385. The zero-order valence-corrected chi connectivity index (χ0v) is 24.6. The van der Waals surface area contributed by atoms with Crippen molar-refractivity contribution in [3.8, 4) is 5.75 Å². The number of nitro benzene ring substituents is 1. The minimum Gasteiger partial charge on any atom is -0.497 e. The van der Waals surface area contributed by atoms with Gasteiger partial charge in [0.15, 0.2) is 0 Å². The topological polar surface area (TPSA) is 139 Å². The first-order chi connectivity index (χ1) is 19.9. The first kappa shape index (κ1) is 32.0. The number of anilines is 1. The number of hydrogen-bond donors (Lipinski definition) is 1. The van der Waals surface area contributed by atoms with E-state index in [0.29, 0.717) is 18.7 Å². The molecule has 3 rings (SSSR count). The summed E-state index contributed by atoms with van der Waals surface area (Å²) >= 11 is 0. The summed E-state index contributed by atoms with van der Waals surface area (Å²) in [6.07, 6.45) is 0.645. The normalized spacial score (nSPS) is 11.8. The van der Waals surface area contributed by atoms with E-state index in [9.17, 15) is 32.5 Å². The predicted octanol–water partition coefficient (Wildman–Crippen LogP) is 4.19. The van der Waals surface area contributed by atoms with Crippen LogP contribution in [-0.4, -0.2) is 56.3 Å². The molecule has 1 N–H and O–H groups in total. The van der Waals surface area contributed by atoms with Crippen LogP contribution in [0, 0.1) is 22.9 Å². The fraction of sp³-hybridized carbons (Fsp3) is 0.310. The van der Waals surface area contributed by atoms with Gasteiger partial charge < -0.3 is 15.0 Å². The van der Waals surface area contributed by atoms with Crippen LogP contribution in [0.3, 0.4) is 0 Å². The first-order valence-electron chi connectivity index (χ1n) is 13.1. The molecule has 0 aromatic heterocycles. The number of benzene rings is 3. The molecule has 1 atom stereocenters. The molecule has 13 heteroatoms. The van der Waals surface area contributed by atoms with Crippen molar-refractivity contribution in [2.75, 3.05) is 24.5 Å². The summed E-state index contributed by atoms with van der Waals surface area (Å²) in [5.41, 5.74) is 0.0591. The molecule has 0 spiro atoms. The largest absolute Gasteiger partial charge is 0.497 e. The highest BCUT2D eigenvalue weighted by Crippen LogP contribution is 2.29. The quantitative estimate of drug-likeness (QED) is 0.229. The standard InChI is InChI=1S/C29H33FN4O7S/c1-5-16-31-29(36)21(3)32(18-22-8-6-7-9-26(22)30)28(35)19-33(23-11-13-24(41-4)14-12-23)42(39,40)25-15-10-20(2)27(17-25)34(37)38/h6-15,17,21H,5,16,18-19H2,1-4H3,(H,31,36)/t21-/m0/s1. The van der Waals surface area contributed by atoms with E-state index in [-0.39, 0.29) is 23.4 Å². The summed E-state index contributed by atoms with van der Waals surface area (Å²) in [7, 11) is -3.12. The maximum atomic E-state index is 14.6. The number of carbonyl (C=O) groups excluding carboxylic acids is 2. The summed E-state index contributed by atoms with van der Waals surface area (Å²) < 4.78 is 48.5. The SMILES string of the molecule is CCCNC(=O)[C@H](C)N(Cc1ccccc1F)C(=O)CN(c1ccc(OC)cc1)S(=O)(=O)c1ccc(C)c([N+](=O)[O-])c1. The molecule has 0 unspecified atom stereocenters. The molecule has 42 heavy (non-hydrogen) atoms. The Kier molecular flexibility index (Phi) is 10.6. The van der Waals surface area contributed by atoms with E-state index in [1.165, 1.54) is 75.6 Å². The molecule has 11 nitrogen and oxygen atoms in total. The number of nitrogens with one attached hydrogen (secondary N) is 1. The number of aryl methyl sites for hydroxylation is 1. The second-order valence-electron chi connectivity index (χ2n) is 9.50. The van der Waals surface area contributed by atoms with Gasteiger partial charge in [0.25, 0.3) is 15.7 Å². The van der Waals surface area contributed by atoms with E-state index < -0.39 is 55.7 Å². The van der Waals surface area contributed by atoms with Crippen LogP contribution in [0.15, 0.2) is 71.6 Å². The van der Waals surface area contributed by atoms with Gasteiger partial charge in [-0.15, -0.1) is 0 Å². The molecule has 2 amide bonds. The van der Waals surface area contributed by atoms with Crippen LogP contribution in [0.5, 0.6) is 5.75 Å². The van der Waals surface area contributed by atoms with Crippen molar-refractivity contribution < 1.29 is 32.1 Å². The molecule has 0 aliphatic carbocycles. The fourth-order valence-corrected chi connectivity index (χ4v) is 5.57. The van der Waals surface area contributed by atoms with Gasteiger partial charge in [0, 0.05) is 30.3 Å². The second kappa shape index (κ2) is 13.9. The van der Waals surface area contributed by atoms with Gasteiger partial charge in [0.2, 0.25) is 11.8 Å². The van der Waals surface area contributed by atoms with E-state index in [4.69, 9.17) is 4.74 Å². The van der Waals surface area contributed by atoms with Gasteiger partial charge in [0.1, 0.15) is 24.2 Å². The van der Waals surface area contributed by atoms with Gasteiger partial charge in [-0.3, -0.25) is 24.0 Å². The average molecular weight is 601 g/mol. The average Bonchev–Trinajstić information content (AvgIpc) is 2.97. The Balaban J connectivity index is 2.09. The Bertz CT molecular complexity index is 1550. The lowest BCUT2D eigenvalue weighted by atomic mass is 10.1. The minimum atomic E-state index is -4.55. The summed E-state index contributed by atoms with van der Waals surface area (Å²) in [5, 5.41) is 14.3. The zero-order valence-electron chi connectivity index (χ0n) is 23.7. The van der Waals surface area contributed by atoms with E-state index in [0.717, 1.165) is 15.3 Å². The molecule has 0 heterocycles. The Morgan fingerprint density at radius 3 is 2.36 bits per heavy atom. The molecule has 0 radical (unpaired) electrons. The predicted molar refractivity (Wildman–Crippen MR) is 155 cm³/mol. The fourth-order valence-electron chi connectivity index (χ4n) is 4.14. The van der Waals surface area contributed by atoms with Gasteiger partial charge in [-0.05, 0) is 56.7 Å². The third-order valence-corrected chi connectivity index (χ3v) is 8.39. The van der Waals surface area contributed by atoms with Crippen molar-refractivity contribution in [3.63, 3.8) is 0 Å². The molecule has 0 bridgehead atoms. The van der Waals surface area contributed by atoms with Crippen molar-refractivity contribution >= 4 is 33.2 Å². The van der Waals surface area contributed by atoms with Crippen molar-refractivity contribution in [2.24, 2.45) is 0 Å². The minimum absolute atomic E-state index is 0.0707. The van der Waals surface area contributed by atoms with Crippen molar-refractivity contribution in [1.82, 2.24) is 10.2 Å². The lowest BCUT2D eigenvalue weighted by Crippen LogP contribution is -2.51. The van der Waals surface area contributed by atoms with Gasteiger partial charge in [-0.2, -0.15) is 0 Å². The van der Waals surface area contributed by atoms with Crippen molar-refractivity contribution in [2.45, 2.75) is 44.7 Å². The van der Waals surface area contributed by atoms with E-state index in [1.807, 2.05) is 6.92 Å². The first-order valence-corrected chi connectivity index (χ1v) is 14.6. The summed E-state index contributed by atoms with van der Waals surface area (Å²) in [4.78, 5) is 38.3. The molecule has 3 aromatic carbocycles. The van der Waals surface area contributed by atoms with Gasteiger partial charge in [-0.1, -0.05) is 31.2 Å². The molecule has 3 aromatic rings. The number of nitrogens with zero attached hydrogens (tertiary/aromatic N) is 3. The van der Waals surface area contributed by atoms with Crippen LogP contribution < -0.4 is 14.4 Å². The molecular weight excluding hydrogens is 567 g/mol. The molecular formula is C29H33FN4O7S. The van der Waals surface area contributed by atoms with Gasteiger partial charge in [-0.25, -0.2) is 12.8 Å². The zero-order chi connectivity index (χ0) is 31.0. The number of halogens is 1. The summed E-state index contributed by atoms with van der Waals surface area (Å²) in [6.45, 7) is 4.07. The second-order valence-corrected chi connectivity index (χ2v) is 11.4. The number of sulfonamides is 1. The number of amides is 2. The van der Waals surface area contributed by atoms with E-state index in [2.05, 4.69) is 5.32 Å². The van der Waals surface area contributed by atoms with Crippen LogP contribution >= 0.6 is 0 Å². The van der Waals surface area contributed by atoms with Crippen molar-refractivity contribution in [1.29, 1.82) is 0 Å². The molecule has 224 valence electrons. The number of hydrogen-bond acceptors (Lipinski definition) is 7. The number of ether oxygens (including phenoxy) is 1.